The van der Waals surface area contributed by atoms with Gasteiger partial charge in [-0.05, 0) is 7.05 Å². The second kappa shape index (κ2) is 2.63. The molecule has 0 spiro atoms. The number of likely N-dealkylation sites (tertiary alicyclic amines) is 1. The van der Waals surface area contributed by atoms with Gasteiger partial charge in [-0.1, -0.05) is 0 Å². The number of nitrogens with two attached hydrogens (primary N) is 1. The Hall–Kier alpha value is -1.30. The van der Waals surface area contributed by atoms with E-state index in [4.69, 9.17) is 10.8 Å². The van der Waals surface area contributed by atoms with Crippen LogP contribution in [0.2, 0.25) is 0 Å². The van der Waals surface area contributed by atoms with Gasteiger partial charge in [0.2, 0.25) is 5.91 Å². The first-order valence-corrected chi connectivity index (χ1v) is 3.48. The van der Waals surface area contributed by atoms with E-state index < -0.39 is 17.5 Å². The Kier molecular flexibility index (Phi) is 1.93. The highest BCUT2D eigenvalue weighted by Gasteiger charge is 2.49. The summed E-state index contributed by atoms with van der Waals surface area (Å²) < 4.78 is 0. The van der Waals surface area contributed by atoms with Crippen molar-refractivity contribution < 1.29 is 14.7 Å². The zero-order chi connectivity index (χ0) is 9.35. The molecule has 0 aromatic heterocycles. The molecule has 6 nitrogen and oxygen atoms in total. The van der Waals surface area contributed by atoms with Crippen LogP contribution in [0.4, 0.5) is 4.79 Å². The van der Waals surface area contributed by atoms with Gasteiger partial charge in [0.1, 0.15) is 5.54 Å². The molecule has 0 bridgehead atoms. The summed E-state index contributed by atoms with van der Waals surface area (Å²) in [6.07, 6.45) is -1.03. The minimum absolute atomic E-state index is 0.133. The molecule has 4 N–H and O–H groups in total. The van der Waals surface area contributed by atoms with Crippen LogP contribution in [0.5, 0.6) is 0 Å². The van der Waals surface area contributed by atoms with Crippen molar-refractivity contribution in [2.24, 2.45) is 5.73 Å². The summed E-state index contributed by atoms with van der Waals surface area (Å²) in [5, 5.41) is 11.2. The van der Waals surface area contributed by atoms with E-state index in [1.54, 1.807) is 7.05 Å². The maximum atomic E-state index is 10.8. The predicted molar refractivity (Wildman–Crippen MR) is 40.6 cm³/mol. The second-order valence-electron chi connectivity index (χ2n) is 2.83. The Balaban J connectivity index is 2.58. The third-order valence-corrected chi connectivity index (χ3v) is 2.14. The van der Waals surface area contributed by atoms with Gasteiger partial charge in [-0.3, -0.25) is 4.79 Å². The van der Waals surface area contributed by atoms with Gasteiger partial charge in [0.05, 0.1) is 13.1 Å². The first-order valence-electron chi connectivity index (χ1n) is 3.48. The number of amides is 2. The Bertz CT molecular complexity index is 222. The van der Waals surface area contributed by atoms with Crippen molar-refractivity contribution in [3.8, 4) is 0 Å². The number of carboxylic acid groups (broad SMARTS) is 1. The molecular formula is C6H11N3O3. The Morgan fingerprint density at radius 1 is 1.58 bits per heavy atom. The molecule has 0 unspecified atom stereocenters. The fourth-order valence-corrected chi connectivity index (χ4v) is 1.18. The third kappa shape index (κ3) is 1.10. The second-order valence-corrected chi connectivity index (χ2v) is 2.83. The van der Waals surface area contributed by atoms with Gasteiger partial charge in [0.15, 0.2) is 0 Å². The number of carbonyl (C=O) groups is 2. The van der Waals surface area contributed by atoms with Crippen molar-refractivity contribution in [2.45, 2.75) is 5.54 Å². The molecule has 0 radical (unpaired) electrons. The molecule has 1 rings (SSSR count). The van der Waals surface area contributed by atoms with Crippen molar-refractivity contribution in [1.82, 2.24) is 10.2 Å². The van der Waals surface area contributed by atoms with Gasteiger partial charge >= 0.3 is 6.09 Å². The molecule has 1 aliphatic heterocycles. The van der Waals surface area contributed by atoms with E-state index in [0.717, 1.165) is 4.90 Å². The van der Waals surface area contributed by atoms with Crippen LogP contribution in [-0.4, -0.2) is 47.7 Å². The molecule has 6 heteroatoms. The van der Waals surface area contributed by atoms with E-state index in [9.17, 15) is 9.59 Å². The van der Waals surface area contributed by atoms with Gasteiger partial charge in [-0.25, -0.2) is 4.79 Å². The normalized spacial score (nSPS) is 19.9. The molecule has 1 aliphatic rings. The highest BCUT2D eigenvalue weighted by molar-refractivity contribution is 5.88. The molecule has 1 saturated heterocycles. The maximum Gasteiger partial charge on any atom is 0.407 e. The summed E-state index contributed by atoms with van der Waals surface area (Å²) in [6, 6.07) is 0. The summed E-state index contributed by atoms with van der Waals surface area (Å²) in [4.78, 5) is 22.3. The van der Waals surface area contributed by atoms with E-state index in [1.165, 1.54) is 0 Å². The average molecular weight is 173 g/mol. The molecular weight excluding hydrogens is 162 g/mol. The van der Waals surface area contributed by atoms with Gasteiger partial charge in [0, 0.05) is 0 Å². The highest BCUT2D eigenvalue weighted by Crippen LogP contribution is 2.19. The van der Waals surface area contributed by atoms with E-state index in [1.807, 2.05) is 0 Å². The fraction of sp³-hybridized carbons (Fsp3) is 0.667. The first kappa shape index (κ1) is 8.79. The predicted octanol–water partition coefficient (Wildman–Crippen LogP) is -1.58. The monoisotopic (exact) mass is 173 g/mol. The number of hydrogen-bond donors (Lipinski definition) is 3. The molecule has 12 heavy (non-hydrogen) atoms. The summed E-state index contributed by atoms with van der Waals surface area (Å²) >= 11 is 0. The van der Waals surface area contributed by atoms with Crippen LogP contribution in [-0.2, 0) is 4.79 Å². The molecule has 1 heterocycles. The Morgan fingerprint density at radius 3 is 2.33 bits per heavy atom. The molecule has 68 valence electrons. The van der Waals surface area contributed by atoms with Crippen molar-refractivity contribution >= 4 is 12.0 Å². The summed E-state index contributed by atoms with van der Waals surface area (Å²) in [5.74, 6) is -0.512. The molecule has 1 fully saturated rings. The van der Waals surface area contributed by atoms with Crippen LogP contribution < -0.4 is 11.1 Å². The lowest BCUT2D eigenvalue weighted by Gasteiger charge is -2.45. The minimum atomic E-state index is -1.03. The quantitative estimate of drug-likeness (QED) is 0.469. The number of hydrogen-bond acceptors (Lipinski definition) is 3. The highest BCUT2D eigenvalue weighted by atomic mass is 16.4. The van der Waals surface area contributed by atoms with Crippen LogP contribution in [0, 0.1) is 0 Å². The SMILES string of the molecule is CNC1(C(N)=O)CN(C(=O)O)C1. The van der Waals surface area contributed by atoms with Crippen molar-refractivity contribution in [3.05, 3.63) is 0 Å². The zero-order valence-corrected chi connectivity index (χ0v) is 6.70. The standard InChI is InChI=1S/C6H11N3O3/c1-8-6(4(7)10)2-9(3-6)5(11)12/h8H,2-3H2,1H3,(H2,7,10)(H,11,12). The van der Waals surface area contributed by atoms with E-state index >= 15 is 0 Å². The molecule has 0 saturated carbocycles. The van der Waals surface area contributed by atoms with E-state index in [0.29, 0.717) is 0 Å². The lowest BCUT2D eigenvalue weighted by molar-refractivity contribution is -0.129. The van der Waals surface area contributed by atoms with Gasteiger partial charge in [0.25, 0.3) is 0 Å². The Morgan fingerprint density at radius 2 is 2.08 bits per heavy atom. The minimum Gasteiger partial charge on any atom is -0.465 e. The fourth-order valence-electron chi connectivity index (χ4n) is 1.18. The summed E-state index contributed by atoms with van der Waals surface area (Å²) in [6.45, 7) is 0.266. The summed E-state index contributed by atoms with van der Waals surface area (Å²) in [5.41, 5.74) is 4.24. The molecule has 0 aromatic carbocycles. The van der Waals surface area contributed by atoms with Crippen LogP contribution >= 0.6 is 0 Å². The molecule has 0 aliphatic carbocycles. The van der Waals surface area contributed by atoms with Crippen molar-refractivity contribution in [3.63, 3.8) is 0 Å². The zero-order valence-electron chi connectivity index (χ0n) is 6.70. The first-order chi connectivity index (χ1) is 5.52. The topological polar surface area (TPSA) is 95.7 Å². The van der Waals surface area contributed by atoms with Crippen LogP contribution in [0.3, 0.4) is 0 Å². The lowest BCUT2D eigenvalue weighted by Crippen LogP contribution is -2.74. The smallest absolute Gasteiger partial charge is 0.407 e. The van der Waals surface area contributed by atoms with Gasteiger partial charge in [-0.15, -0.1) is 0 Å². The molecule has 0 atom stereocenters. The van der Waals surface area contributed by atoms with E-state index in [-0.39, 0.29) is 13.1 Å². The third-order valence-electron chi connectivity index (χ3n) is 2.14. The van der Waals surface area contributed by atoms with Gasteiger partial charge in [-0.2, -0.15) is 0 Å². The molecule has 2 amide bonds. The number of primary amides is 1. The lowest BCUT2D eigenvalue weighted by atomic mass is 9.90. The maximum absolute atomic E-state index is 10.8. The molecule has 0 aromatic rings. The van der Waals surface area contributed by atoms with Gasteiger partial charge < -0.3 is 21.1 Å². The van der Waals surface area contributed by atoms with Crippen LogP contribution in [0.1, 0.15) is 0 Å². The van der Waals surface area contributed by atoms with Crippen LogP contribution in [0.25, 0.3) is 0 Å². The van der Waals surface area contributed by atoms with Crippen molar-refractivity contribution in [2.75, 3.05) is 20.1 Å². The summed E-state index contributed by atoms with van der Waals surface area (Å²) in [7, 11) is 1.59. The van der Waals surface area contributed by atoms with Crippen molar-refractivity contribution in [1.29, 1.82) is 0 Å². The van der Waals surface area contributed by atoms with E-state index in [2.05, 4.69) is 5.32 Å². The average Bonchev–Trinajstić information content (AvgIpc) is 1.84. The number of rotatable bonds is 2. The van der Waals surface area contributed by atoms with Crippen LogP contribution in [0.15, 0.2) is 0 Å². The number of nitrogens with zero attached hydrogens (tertiary/aromatic N) is 1. The largest absolute Gasteiger partial charge is 0.465 e. The number of nitrogens with one attached hydrogen (secondary N) is 1. The number of carbonyl (C=O) groups excluding carboxylic acids is 1. The Labute approximate surface area is 69.3 Å². The number of likely N-dealkylation sites (N-methyl/N-ethyl adjacent to an activating group) is 1.